The topological polar surface area (TPSA) is 118 Å². The summed E-state index contributed by atoms with van der Waals surface area (Å²) in [5.74, 6) is -1.65. The van der Waals surface area contributed by atoms with Crippen LogP contribution in [0.4, 0.5) is 18.9 Å². The molecule has 1 saturated carbocycles. The van der Waals surface area contributed by atoms with E-state index in [9.17, 15) is 23.4 Å². The summed E-state index contributed by atoms with van der Waals surface area (Å²) in [4.78, 5) is 4.23. The van der Waals surface area contributed by atoms with E-state index in [-0.39, 0.29) is 28.4 Å². The standard InChI is InChI=1S/C23H26F3N5O3S/c1-31-20(18-3-2-15(27)14(26)9-34-18)16(8-28-31)29-21(32)17-10-35-22(30-17)19-12(24)6-11(7-13(19)25)23(33)4-5-23/h6-8,10,14-15,18,21,29,32-33H,2-5,9,27H2,1H3/t14-,15-,18+,21?/m1/s1. The summed E-state index contributed by atoms with van der Waals surface area (Å²) >= 11 is 0.985. The molecule has 12 heteroatoms. The quantitative estimate of drug-likeness (QED) is 0.376. The molecule has 3 heterocycles. The number of nitrogens with zero attached hydrogens (tertiary/aromatic N) is 3. The molecule has 188 valence electrons. The number of nitrogens with one attached hydrogen (secondary N) is 1. The van der Waals surface area contributed by atoms with Crippen LogP contribution in [0.15, 0.2) is 23.7 Å². The average molecular weight is 510 g/mol. The van der Waals surface area contributed by atoms with Gasteiger partial charge in [-0.15, -0.1) is 11.3 Å². The zero-order valence-electron chi connectivity index (χ0n) is 18.9. The van der Waals surface area contributed by atoms with Crippen LogP contribution in [0.25, 0.3) is 10.6 Å². The molecule has 1 saturated heterocycles. The van der Waals surface area contributed by atoms with Crippen LogP contribution >= 0.6 is 11.3 Å². The van der Waals surface area contributed by atoms with Gasteiger partial charge in [0.25, 0.3) is 0 Å². The second-order valence-electron chi connectivity index (χ2n) is 9.12. The van der Waals surface area contributed by atoms with Crippen LogP contribution in [0.3, 0.4) is 0 Å². The lowest BCUT2D eigenvalue weighted by Crippen LogP contribution is -2.32. The highest BCUT2D eigenvalue weighted by Gasteiger charge is 2.43. The van der Waals surface area contributed by atoms with Crippen LogP contribution in [0.5, 0.6) is 0 Å². The maximum atomic E-state index is 14.7. The third kappa shape index (κ3) is 4.68. The number of alkyl halides is 1. The van der Waals surface area contributed by atoms with Crippen molar-refractivity contribution in [3.05, 3.63) is 52.3 Å². The van der Waals surface area contributed by atoms with E-state index in [1.165, 1.54) is 11.6 Å². The van der Waals surface area contributed by atoms with E-state index in [4.69, 9.17) is 10.5 Å². The Kier molecular flexibility index (Phi) is 6.34. The number of hydrogen-bond donors (Lipinski definition) is 4. The number of aliphatic hydroxyl groups excluding tert-OH is 1. The van der Waals surface area contributed by atoms with Gasteiger partial charge in [0.1, 0.15) is 34.6 Å². The molecule has 0 amide bonds. The summed E-state index contributed by atoms with van der Waals surface area (Å²) in [5.41, 5.74) is 5.80. The fourth-order valence-electron chi connectivity index (χ4n) is 4.30. The van der Waals surface area contributed by atoms with Crippen molar-refractivity contribution in [2.24, 2.45) is 12.8 Å². The van der Waals surface area contributed by atoms with Crippen LogP contribution in [0.1, 0.15) is 55.0 Å². The van der Waals surface area contributed by atoms with Gasteiger partial charge in [-0.25, -0.2) is 18.2 Å². The summed E-state index contributed by atoms with van der Waals surface area (Å²) in [7, 11) is 1.71. The lowest BCUT2D eigenvalue weighted by atomic mass is 10.0. The Hall–Kier alpha value is -2.51. The second kappa shape index (κ2) is 9.17. The number of aryl methyl sites for hydroxylation is 1. The number of aliphatic hydroxyl groups is 2. The molecule has 1 aromatic carbocycles. The number of aromatic nitrogens is 3. The fraction of sp³-hybridized carbons (Fsp3) is 0.478. The van der Waals surface area contributed by atoms with E-state index in [1.807, 2.05) is 0 Å². The molecule has 4 atom stereocenters. The lowest BCUT2D eigenvalue weighted by Gasteiger charge is -2.19. The van der Waals surface area contributed by atoms with Crippen molar-refractivity contribution >= 4 is 17.0 Å². The van der Waals surface area contributed by atoms with E-state index < -0.39 is 41.8 Å². The first-order chi connectivity index (χ1) is 16.7. The zero-order chi connectivity index (χ0) is 24.9. The molecule has 2 aromatic heterocycles. The van der Waals surface area contributed by atoms with Gasteiger partial charge in [-0.2, -0.15) is 5.10 Å². The Balaban J connectivity index is 1.35. The summed E-state index contributed by atoms with van der Waals surface area (Å²) in [6, 6.07) is 1.65. The molecule has 35 heavy (non-hydrogen) atoms. The molecule has 5 rings (SSSR count). The molecule has 1 aliphatic heterocycles. The van der Waals surface area contributed by atoms with Crippen LogP contribution in [-0.4, -0.2) is 43.8 Å². The Morgan fingerprint density at radius 2 is 2.00 bits per heavy atom. The number of benzene rings is 1. The number of hydrogen-bond acceptors (Lipinski definition) is 8. The third-order valence-corrected chi connectivity index (χ3v) is 7.46. The number of thiazole rings is 1. The minimum Gasteiger partial charge on any atom is -0.385 e. The van der Waals surface area contributed by atoms with Gasteiger partial charge >= 0.3 is 0 Å². The van der Waals surface area contributed by atoms with Gasteiger partial charge < -0.3 is 26.0 Å². The van der Waals surface area contributed by atoms with Gasteiger partial charge in [-0.1, -0.05) is 0 Å². The molecule has 0 radical (unpaired) electrons. The smallest absolute Gasteiger partial charge is 0.169 e. The van der Waals surface area contributed by atoms with E-state index in [0.29, 0.717) is 37.1 Å². The van der Waals surface area contributed by atoms with Gasteiger partial charge in [-0.3, -0.25) is 4.68 Å². The van der Waals surface area contributed by atoms with Crippen LogP contribution in [0, 0.1) is 11.6 Å². The van der Waals surface area contributed by atoms with Crippen molar-refractivity contribution in [2.45, 2.75) is 55.8 Å². The lowest BCUT2D eigenvalue weighted by molar-refractivity contribution is 0.0246. The van der Waals surface area contributed by atoms with Crippen molar-refractivity contribution in [1.82, 2.24) is 14.8 Å². The molecule has 1 unspecified atom stereocenters. The van der Waals surface area contributed by atoms with Crippen LogP contribution in [-0.2, 0) is 17.4 Å². The predicted octanol–water partition coefficient (Wildman–Crippen LogP) is 3.42. The Labute approximate surface area is 203 Å². The van der Waals surface area contributed by atoms with Crippen LogP contribution in [0.2, 0.25) is 0 Å². The highest BCUT2D eigenvalue weighted by Crippen LogP contribution is 2.46. The van der Waals surface area contributed by atoms with Gasteiger partial charge in [0.2, 0.25) is 0 Å². The van der Waals surface area contributed by atoms with Crippen molar-refractivity contribution in [3.8, 4) is 10.6 Å². The number of halogens is 3. The highest BCUT2D eigenvalue weighted by molar-refractivity contribution is 7.13. The van der Waals surface area contributed by atoms with Gasteiger partial charge in [-0.05, 0) is 43.4 Å². The average Bonchev–Trinajstić information content (AvgIpc) is 3.27. The highest BCUT2D eigenvalue weighted by atomic mass is 32.1. The first kappa shape index (κ1) is 24.2. The molecular weight excluding hydrogens is 483 g/mol. The molecule has 0 bridgehead atoms. The first-order valence-electron chi connectivity index (χ1n) is 11.3. The van der Waals surface area contributed by atoms with Crippen molar-refractivity contribution in [3.63, 3.8) is 0 Å². The third-order valence-electron chi connectivity index (χ3n) is 6.58. The molecule has 2 fully saturated rings. The Morgan fingerprint density at radius 1 is 1.29 bits per heavy atom. The van der Waals surface area contributed by atoms with Gasteiger partial charge in [0.05, 0.1) is 35.3 Å². The summed E-state index contributed by atoms with van der Waals surface area (Å²) in [5, 5.41) is 29.6. The van der Waals surface area contributed by atoms with E-state index >= 15 is 0 Å². The minimum atomic E-state index is -1.30. The first-order valence-corrected chi connectivity index (χ1v) is 12.2. The van der Waals surface area contributed by atoms with Gasteiger partial charge in [0, 0.05) is 18.5 Å². The number of nitrogens with two attached hydrogens (primary N) is 1. The van der Waals surface area contributed by atoms with Crippen molar-refractivity contribution < 1.29 is 28.1 Å². The number of ether oxygens (including phenoxy) is 1. The molecule has 3 aromatic rings. The normalized spacial score (nSPS) is 24.7. The fourth-order valence-corrected chi connectivity index (χ4v) is 5.18. The van der Waals surface area contributed by atoms with Crippen LogP contribution < -0.4 is 11.1 Å². The maximum Gasteiger partial charge on any atom is 0.169 e. The summed E-state index contributed by atoms with van der Waals surface area (Å²) in [6.07, 6.45) is 0.319. The van der Waals surface area contributed by atoms with E-state index in [2.05, 4.69) is 15.4 Å². The molecule has 8 nitrogen and oxygen atoms in total. The number of anilines is 1. The Bertz CT molecular complexity index is 1200. The summed E-state index contributed by atoms with van der Waals surface area (Å²) in [6.45, 7) is -0.137. The monoisotopic (exact) mass is 509 g/mol. The molecule has 5 N–H and O–H groups in total. The van der Waals surface area contributed by atoms with E-state index in [0.717, 1.165) is 23.5 Å². The maximum absolute atomic E-state index is 14.7. The molecule has 0 spiro atoms. The van der Waals surface area contributed by atoms with Crippen molar-refractivity contribution in [2.75, 3.05) is 11.9 Å². The molecule has 2 aliphatic rings. The molecular formula is C23H26F3N5O3S. The largest absolute Gasteiger partial charge is 0.385 e. The Morgan fingerprint density at radius 3 is 2.69 bits per heavy atom. The van der Waals surface area contributed by atoms with E-state index in [1.54, 1.807) is 11.7 Å². The molecule has 1 aliphatic carbocycles. The zero-order valence-corrected chi connectivity index (χ0v) is 19.7. The second-order valence-corrected chi connectivity index (χ2v) is 9.98. The van der Waals surface area contributed by atoms with Gasteiger partial charge in [0.15, 0.2) is 6.23 Å². The minimum absolute atomic E-state index is 0.0617. The number of rotatable bonds is 6. The predicted molar refractivity (Wildman–Crippen MR) is 123 cm³/mol. The van der Waals surface area contributed by atoms with Crippen molar-refractivity contribution in [1.29, 1.82) is 0 Å². The SMILES string of the molecule is Cn1ncc(NC(O)c2csc(-c3c(F)cc(C4(O)CC4)cc3F)n2)c1[C@@H]1CC[C@@H](N)[C@H](F)CO1. The summed E-state index contributed by atoms with van der Waals surface area (Å²) < 4.78 is 50.7.